The van der Waals surface area contributed by atoms with Gasteiger partial charge < -0.3 is 19.8 Å². The average molecular weight is 296 g/mol. The summed E-state index contributed by atoms with van der Waals surface area (Å²) in [5.74, 6) is 1.07. The van der Waals surface area contributed by atoms with E-state index in [4.69, 9.17) is 4.52 Å². The van der Waals surface area contributed by atoms with Crippen LogP contribution in [0.5, 0.6) is 0 Å². The Kier molecular flexibility index (Phi) is 5.58. The molecule has 1 fully saturated rings. The van der Waals surface area contributed by atoms with Gasteiger partial charge in [-0.1, -0.05) is 12.1 Å². The van der Waals surface area contributed by atoms with Gasteiger partial charge in [-0.2, -0.15) is 0 Å². The van der Waals surface area contributed by atoms with Gasteiger partial charge in [0.15, 0.2) is 0 Å². The molecule has 2 heterocycles. The van der Waals surface area contributed by atoms with Crippen molar-refractivity contribution in [1.29, 1.82) is 0 Å². The fourth-order valence-electron chi connectivity index (χ4n) is 2.40. The number of aliphatic hydroxyl groups excluding tert-OH is 1. The smallest absolute Gasteiger partial charge is 0.321 e. The van der Waals surface area contributed by atoms with Crippen LogP contribution in [0.25, 0.3) is 0 Å². The summed E-state index contributed by atoms with van der Waals surface area (Å²) < 4.78 is 4.88. The number of β-amino-alcohol motifs (C(OH)–C–C–N with tert-alkyl or cyclic N) is 1. The van der Waals surface area contributed by atoms with E-state index in [0.29, 0.717) is 18.1 Å². The number of nitrogens with zero attached hydrogens (tertiary/aromatic N) is 2. The molecule has 7 heteroatoms. The summed E-state index contributed by atoms with van der Waals surface area (Å²) in [7, 11) is 0. The highest BCUT2D eigenvalue weighted by atomic mass is 16.5. The zero-order valence-corrected chi connectivity index (χ0v) is 12.6. The highest BCUT2D eigenvalue weighted by molar-refractivity contribution is 5.87. The first-order valence-electron chi connectivity index (χ1n) is 7.41. The molecule has 1 aromatic rings. The Hall–Kier alpha value is -1.60. The maximum Gasteiger partial charge on any atom is 0.321 e. The quantitative estimate of drug-likeness (QED) is 0.759. The number of urea groups is 1. The molecule has 1 saturated heterocycles. The van der Waals surface area contributed by atoms with Crippen molar-refractivity contribution in [2.24, 2.45) is 5.92 Å². The maximum atomic E-state index is 11.6. The number of likely N-dealkylation sites (tertiary alicyclic amines) is 1. The topological polar surface area (TPSA) is 90.6 Å². The first-order chi connectivity index (χ1) is 10.0. The molecular formula is C14H24N4O3. The lowest BCUT2D eigenvalue weighted by atomic mass is 9.99. The van der Waals surface area contributed by atoms with Gasteiger partial charge >= 0.3 is 6.03 Å². The van der Waals surface area contributed by atoms with Crippen LogP contribution in [0.2, 0.25) is 0 Å². The number of amides is 2. The zero-order chi connectivity index (χ0) is 15.2. The van der Waals surface area contributed by atoms with Crippen LogP contribution in [0, 0.1) is 12.8 Å². The van der Waals surface area contributed by atoms with Crippen LogP contribution in [0.4, 0.5) is 10.7 Å². The minimum absolute atomic E-state index is 0.213. The molecular weight excluding hydrogens is 272 g/mol. The van der Waals surface area contributed by atoms with Crippen LogP contribution in [0.1, 0.15) is 25.5 Å². The van der Waals surface area contributed by atoms with Gasteiger partial charge in [0.2, 0.25) is 5.88 Å². The van der Waals surface area contributed by atoms with E-state index >= 15 is 0 Å². The van der Waals surface area contributed by atoms with Gasteiger partial charge in [-0.25, -0.2) is 4.79 Å². The number of hydrogen-bond donors (Lipinski definition) is 3. The summed E-state index contributed by atoms with van der Waals surface area (Å²) in [6, 6.07) is 1.22. The first-order valence-corrected chi connectivity index (χ1v) is 7.41. The molecule has 0 bridgehead atoms. The Morgan fingerprint density at radius 3 is 2.90 bits per heavy atom. The van der Waals surface area contributed by atoms with Crippen molar-refractivity contribution in [2.75, 3.05) is 31.5 Å². The molecule has 3 N–H and O–H groups in total. The van der Waals surface area contributed by atoms with Crippen LogP contribution in [0.15, 0.2) is 10.6 Å². The Bertz CT molecular complexity index is 455. The first kappa shape index (κ1) is 15.8. The zero-order valence-electron chi connectivity index (χ0n) is 12.6. The van der Waals surface area contributed by atoms with Crippen molar-refractivity contribution in [1.82, 2.24) is 15.4 Å². The van der Waals surface area contributed by atoms with E-state index in [1.165, 1.54) is 12.8 Å². The van der Waals surface area contributed by atoms with Crippen LogP contribution in [-0.4, -0.2) is 53.5 Å². The van der Waals surface area contributed by atoms with Gasteiger partial charge in [0.1, 0.15) is 0 Å². The number of carbonyl (C=O) groups is 1. The second kappa shape index (κ2) is 7.42. The third kappa shape index (κ3) is 5.35. The fourth-order valence-corrected chi connectivity index (χ4v) is 2.40. The molecule has 0 aromatic carbocycles. The van der Waals surface area contributed by atoms with Crippen molar-refractivity contribution in [3.05, 3.63) is 11.8 Å². The molecule has 118 valence electrons. The lowest BCUT2D eigenvalue weighted by Crippen LogP contribution is -2.43. The number of piperidine rings is 1. The predicted molar refractivity (Wildman–Crippen MR) is 79.1 cm³/mol. The molecule has 1 aliphatic rings. The Labute approximate surface area is 124 Å². The molecule has 0 spiro atoms. The van der Waals surface area contributed by atoms with Gasteiger partial charge in [-0.3, -0.25) is 5.32 Å². The maximum absolute atomic E-state index is 11.6. The highest BCUT2D eigenvalue weighted by Gasteiger charge is 2.18. The normalized spacial score (nSPS) is 18.4. The summed E-state index contributed by atoms with van der Waals surface area (Å²) in [5, 5.41) is 18.8. The number of nitrogens with one attached hydrogen (secondary N) is 2. The van der Waals surface area contributed by atoms with Crippen molar-refractivity contribution in [2.45, 2.75) is 32.8 Å². The second-order valence-corrected chi connectivity index (χ2v) is 5.80. The lowest BCUT2D eigenvalue weighted by Gasteiger charge is -2.31. The van der Waals surface area contributed by atoms with Crippen molar-refractivity contribution >= 4 is 11.9 Å². The molecule has 0 radical (unpaired) electrons. The molecule has 2 amide bonds. The van der Waals surface area contributed by atoms with E-state index in [2.05, 4.69) is 27.6 Å². The van der Waals surface area contributed by atoms with Gasteiger partial charge in [0.25, 0.3) is 0 Å². The van der Waals surface area contributed by atoms with E-state index < -0.39 is 12.1 Å². The molecule has 1 aliphatic heterocycles. The number of hydrogen-bond acceptors (Lipinski definition) is 5. The number of aliphatic hydroxyl groups is 1. The second-order valence-electron chi connectivity index (χ2n) is 5.80. The number of rotatable bonds is 5. The Morgan fingerprint density at radius 1 is 1.57 bits per heavy atom. The molecule has 7 nitrogen and oxygen atoms in total. The lowest BCUT2D eigenvalue weighted by molar-refractivity contribution is 0.0924. The van der Waals surface area contributed by atoms with Crippen molar-refractivity contribution in [3.8, 4) is 0 Å². The summed E-state index contributed by atoms with van der Waals surface area (Å²) in [4.78, 5) is 13.9. The fraction of sp³-hybridized carbons (Fsp3) is 0.714. The van der Waals surface area contributed by atoms with Crippen LogP contribution in [-0.2, 0) is 0 Å². The molecule has 2 rings (SSSR count). The standard InChI is InChI=1S/C14H24N4O3/c1-10-3-5-18(6-4-10)9-12(19)8-15-14(20)16-13-7-11(2)17-21-13/h7,10,12,19H,3-6,8-9H2,1-2H3,(H2,15,16,20)/t12-/m0/s1. The molecule has 21 heavy (non-hydrogen) atoms. The third-order valence-corrected chi connectivity index (χ3v) is 3.71. The van der Waals surface area contributed by atoms with E-state index in [1.807, 2.05) is 0 Å². The summed E-state index contributed by atoms with van der Waals surface area (Å²) in [6.45, 7) is 6.86. The summed E-state index contributed by atoms with van der Waals surface area (Å²) in [6.07, 6.45) is 1.78. The number of aromatic nitrogens is 1. The Balaban J connectivity index is 1.64. The predicted octanol–water partition coefficient (Wildman–Crippen LogP) is 1.20. The van der Waals surface area contributed by atoms with Crippen LogP contribution >= 0.6 is 0 Å². The van der Waals surface area contributed by atoms with E-state index in [9.17, 15) is 9.90 Å². The van der Waals surface area contributed by atoms with E-state index in [1.54, 1.807) is 13.0 Å². The monoisotopic (exact) mass is 296 g/mol. The van der Waals surface area contributed by atoms with Crippen LogP contribution in [0.3, 0.4) is 0 Å². The summed E-state index contributed by atoms with van der Waals surface area (Å²) >= 11 is 0. The SMILES string of the molecule is Cc1cc(NC(=O)NC[C@H](O)CN2CCC(C)CC2)on1. The molecule has 0 unspecified atom stereocenters. The van der Waals surface area contributed by atoms with E-state index in [-0.39, 0.29) is 6.54 Å². The third-order valence-electron chi connectivity index (χ3n) is 3.71. The highest BCUT2D eigenvalue weighted by Crippen LogP contribution is 2.15. The molecule has 1 atom stereocenters. The van der Waals surface area contributed by atoms with Gasteiger partial charge in [0, 0.05) is 19.2 Å². The van der Waals surface area contributed by atoms with Crippen molar-refractivity contribution < 1.29 is 14.4 Å². The number of anilines is 1. The number of aryl methyl sites for hydroxylation is 1. The average Bonchev–Trinajstić information content (AvgIpc) is 2.84. The minimum atomic E-state index is -0.569. The molecule has 0 aliphatic carbocycles. The van der Waals surface area contributed by atoms with Gasteiger partial charge in [0.05, 0.1) is 11.8 Å². The number of carbonyl (C=O) groups excluding carboxylic acids is 1. The summed E-state index contributed by atoms with van der Waals surface area (Å²) in [5.41, 5.74) is 0.699. The van der Waals surface area contributed by atoms with Crippen molar-refractivity contribution in [3.63, 3.8) is 0 Å². The minimum Gasteiger partial charge on any atom is -0.390 e. The van der Waals surface area contributed by atoms with E-state index in [0.717, 1.165) is 19.0 Å². The van der Waals surface area contributed by atoms with Gasteiger partial charge in [-0.15, -0.1) is 0 Å². The molecule has 0 saturated carbocycles. The molecule has 1 aromatic heterocycles. The van der Waals surface area contributed by atoms with Gasteiger partial charge in [-0.05, 0) is 38.8 Å². The van der Waals surface area contributed by atoms with Crippen LogP contribution < -0.4 is 10.6 Å². The largest absolute Gasteiger partial charge is 0.390 e. The Morgan fingerprint density at radius 2 is 2.29 bits per heavy atom.